The molecule has 0 aromatic carbocycles. The first-order valence-corrected chi connectivity index (χ1v) is 6.67. The first-order valence-electron chi connectivity index (χ1n) is 6.29. The predicted octanol–water partition coefficient (Wildman–Crippen LogP) is 1.85. The summed E-state index contributed by atoms with van der Waals surface area (Å²) in [6.07, 6.45) is 2.87. The topological polar surface area (TPSA) is 79.5 Å². The van der Waals surface area contributed by atoms with Crippen LogP contribution in [-0.4, -0.2) is 34.2 Å². The first-order chi connectivity index (χ1) is 9.06. The van der Waals surface area contributed by atoms with Gasteiger partial charge in [0, 0.05) is 25.1 Å². The van der Waals surface area contributed by atoms with Gasteiger partial charge in [-0.15, -0.1) is 0 Å². The lowest BCUT2D eigenvalue weighted by molar-refractivity contribution is -0.385. The van der Waals surface area contributed by atoms with Gasteiger partial charge in [0.2, 0.25) is 0 Å². The second kappa shape index (κ2) is 4.61. The normalized spacial score (nSPS) is 29.6. The lowest BCUT2D eigenvalue weighted by Crippen LogP contribution is -2.25. The van der Waals surface area contributed by atoms with Crippen molar-refractivity contribution in [1.82, 2.24) is 4.98 Å². The Labute approximate surface area is 115 Å². The van der Waals surface area contributed by atoms with Gasteiger partial charge in [-0.05, 0) is 18.8 Å². The summed E-state index contributed by atoms with van der Waals surface area (Å²) in [7, 11) is 0. The minimum Gasteiger partial charge on any atom is -0.393 e. The maximum atomic E-state index is 10.6. The SMILES string of the molecule is O=[N+]([O-])c1cnc(N2CC3CCC(O)C3C2)c(Cl)c1. The molecule has 2 heterocycles. The number of rotatable bonds is 2. The van der Waals surface area contributed by atoms with Crippen molar-refractivity contribution in [3.05, 3.63) is 27.4 Å². The van der Waals surface area contributed by atoms with E-state index in [2.05, 4.69) is 4.98 Å². The van der Waals surface area contributed by atoms with Gasteiger partial charge >= 0.3 is 0 Å². The van der Waals surface area contributed by atoms with Gasteiger partial charge in [-0.3, -0.25) is 10.1 Å². The number of aromatic nitrogens is 1. The second-order valence-electron chi connectivity index (χ2n) is 5.23. The van der Waals surface area contributed by atoms with E-state index in [1.807, 2.05) is 4.90 Å². The van der Waals surface area contributed by atoms with E-state index < -0.39 is 4.92 Å². The molecule has 1 aromatic rings. The monoisotopic (exact) mass is 283 g/mol. The van der Waals surface area contributed by atoms with Crippen molar-refractivity contribution in [2.24, 2.45) is 11.8 Å². The highest BCUT2D eigenvalue weighted by molar-refractivity contribution is 6.33. The lowest BCUT2D eigenvalue weighted by Gasteiger charge is -2.20. The van der Waals surface area contributed by atoms with Gasteiger partial charge in [0.1, 0.15) is 12.0 Å². The van der Waals surface area contributed by atoms with Crippen molar-refractivity contribution in [1.29, 1.82) is 0 Å². The quantitative estimate of drug-likeness (QED) is 0.662. The number of pyridine rings is 1. The number of fused-ring (bicyclic) bond motifs is 1. The molecule has 1 saturated heterocycles. The van der Waals surface area contributed by atoms with Crippen molar-refractivity contribution < 1.29 is 10.0 Å². The number of hydrogen-bond acceptors (Lipinski definition) is 5. The lowest BCUT2D eigenvalue weighted by atomic mass is 10.00. The number of hydrogen-bond donors (Lipinski definition) is 1. The average Bonchev–Trinajstić information content (AvgIpc) is 2.92. The molecule has 1 aliphatic carbocycles. The van der Waals surface area contributed by atoms with E-state index in [0.717, 1.165) is 25.9 Å². The summed E-state index contributed by atoms with van der Waals surface area (Å²) in [5.74, 6) is 1.32. The Balaban J connectivity index is 1.82. The van der Waals surface area contributed by atoms with E-state index in [-0.39, 0.29) is 17.7 Å². The molecule has 1 aliphatic heterocycles. The first kappa shape index (κ1) is 12.6. The zero-order valence-corrected chi connectivity index (χ0v) is 11.0. The van der Waals surface area contributed by atoms with Crippen LogP contribution in [-0.2, 0) is 0 Å². The fourth-order valence-corrected chi connectivity index (χ4v) is 3.44. The van der Waals surface area contributed by atoms with Crippen molar-refractivity contribution >= 4 is 23.1 Å². The molecule has 19 heavy (non-hydrogen) atoms. The number of aliphatic hydroxyl groups is 1. The van der Waals surface area contributed by atoms with E-state index in [9.17, 15) is 15.2 Å². The van der Waals surface area contributed by atoms with Gasteiger partial charge in [0.25, 0.3) is 5.69 Å². The van der Waals surface area contributed by atoms with Gasteiger partial charge in [0.05, 0.1) is 16.0 Å². The minimum absolute atomic E-state index is 0.104. The van der Waals surface area contributed by atoms with E-state index >= 15 is 0 Å². The number of halogens is 1. The molecule has 0 bridgehead atoms. The summed E-state index contributed by atoms with van der Waals surface area (Å²) in [5, 5.41) is 20.8. The molecule has 6 nitrogen and oxygen atoms in total. The Morgan fingerprint density at radius 2 is 2.26 bits per heavy atom. The predicted molar refractivity (Wildman–Crippen MR) is 70.3 cm³/mol. The smallest absolute Gasteiger partial charge is 0.289 e. The largest absolute Gasteiger partial charge is 0.393 e. The molecule has 1 saturated carbocycles. The molecule has 3 atom stereocenters. The van der Waals surface area contributed by atoms with Crippen LogP contribution in [0, 0.1) is 22.0 Å². The van der Waals surface area contributed by atoms with Gasteiger partial charge in [-0.25, -0.2) is 4.98 Å². The molecule has 7 heteroatoms. The molecule has 1 N–H and O–H groups in total. The molecule has 3 unspecified atom stereocenters. The van der Waals surface area contributed by atoms with Crippen LogP contribution in [0.4, 0.5) is 11.5 Å². The molecule has 3 rings (SSSR count). The maximum absolute atomic E-state index is 10.6. The Kier molecular flexibility index (Phi) is 3.06. The zero-order chi connectivity index (χ0) is 13.6. The number of aliphatic hydroxyl groups excluding tert-OH is 1. The number of anilines is 1. The minimum atomic E-state index is -0.509. The standard InChI is InChI=1S/C12H14ClN3O3/c13-10-3-8(16(18)19)4-14-12(10)15-5-7-1-2-11(17)9(7)6-15/h3-4,7,9,11,17H,1-2,5-6H2. The molecular formula is C12H14ClN3O3. The average molecular weight is 284 g/mol. The fraction of sp³-hybridized carbons (Fsp3) is 0.583. The molecule has 0 spiro atoms. The van der Waals surface area contributed by atoms with Gasteiger partial charge < -0.3 is 10.0 Å². The zero-order valence-electron chi connectivity index (χ0n) is 10.2. The van der Waals surface area contributed by atoms with Crippen LogP contribution in [0.15, 0.2) is 12.3 Å². The van der Waals surface area contributed by atoms with Crippen molar-refractivity contribution in [3.8, 4) is 0 Å². The summed E-state index contributed by atoms with van der Waals surface area (Å²) in [6, 6.07) is 1.33. The molecule has 102 valence electrons. The third-order valence-corrected chi connectivity index (χ3v) is 4.41. The molecule has 0 radical (unpaired) electrons. The summed E-state index contributed by atoms with van der Waals surface area (Å²) in [6.45, 7) is 1.53. The van der Waals surface area contributed by atoms with Crippen LogP contribution in [0.1, 0.15) is 12.8 Å². The van der Waals surface area contributed by atoms with Crippen LogP contribution in [0.5, 0.6) is 0 Å². The molecular weight excluding hydrogens is 270 g/mol. The Bertz CT molecular complexity index is 525. The van der Waals surface area contributed by atoms with Crippen LogP contribution in [0.25, 0.3) is 0 Å². The van der Waals surface area contributed by atoms with Crippen molar-refractivity contribution in [2.45, 2.75) is 18.9 Å². The van der Waals surface area contributed by atoms with E-state index in [4.69, 9.17) is 11.6 Å². The highest BCUT2D eigenvalue weighted by Crippen LogP contribution is 2.41. The van der Waals surface area contributed by atoms with Gasteiger partial charge in [-0.2, -0.15) is 0 Å². The Morgan fingerprint density at radius 1 is 1.47 bits per heavy atom. The third-order valence-electron chi connectivity index (χ3n) is 4.14. The van der Waals surface area contributed by atoms with Crippen molar-refractivity contribution in [2.75, 3.05) is 18.0 Å². The second-order valence-corrected chi connectivity index (χ2v) is 5.64. The summed E-state index contributed by atoms with van der Waals surface area (Å²) >= 11 is 6.08. The molecule has 0 amide bonds. The highest BCUT2D eigenvalue weighted by Gasteiger charge is 2.42. The van der Waals surface area contributed by atoms with E-state index in [1.165, 1.54) is 12.3 Å². The van der Waals surface area contributed by atoms with Crippen LogP contribution < -0.4 is 4.90 Å². The summed E-state index contributed by atoms with van der Waals surface area (Å²) < 4.78 is 0. The number of nitro groups is 1. The maximum Gasteiger partial charge on any atom is 0.289 e. The highest BCUT2D eigenvalue weighted by atomic mass is 35.5. The summed E-state index contributed by atoms with van der Waals surface area (Å²) in [5.41, 5.74) is -0.104. The number of nitrogens with zero attached hydrogens (tertiary/aromatic N) is 3. The Hall–Kier alpha value is -1.40. The summed E-state index contributed by atoms with van der Waals surface area (Å²) in [4.78, 5) is 16.3. The molecule has 2 fully saturated rings. The van der Waals surface area contributed by atoms with Gasteiger partial charge in [-0.1, -0.05) is 11.6 Å². The van der Waals surface area contributed by atoms with E-state index in [1.54, 1.807) is 0 Å². The molecule has 1 aromatic heterocycles. The van der Waals surface area contributed by atoms with Crippen LogP contribution in [0.2, 0.25) is 5.02 Å². The van der Waals surface area contributed by atoms with E-state index in [0.29, 0.717) is 16.8 Å². The fourth-order valence-electron chi connectivity index (χ4n) is 3.16. The Morgan fingerprint density at radius 3 is 2.89 bits per heavy atom. The van der Waals surface area contributed by atoms with Crippen LogP contribution >= 0.6 is 11.6 Å². The van der Waals surface area contributed by atoms with Crippen molar-refractivity contribution in [3.63, 3.8) is 0 Å². The third kappa shape index (κ3) is 2.15. The van der Waals surface area contributed by atoms with Gasteiger partial charge in [0.15, 0.2) is 0 Å². The van der Waals surface area contributed by atoms with Crippen LogP contribution in [0.3, 0.4) is 0 Å². The molecule has 2 aliphatic rings.